The summed E-state index contributed by atoms with van der Waals surface area (Å²) in [6, 6.07) is 3.41. The third kappa shape index (κ3) is 1.73. The highest BCUT2D eigenvalue weighted by molar-refractivity contribution is 5.94. The molecule has 2 aromatic rings. The zero-order valence-corrected chi connectivity index (χ0v) is 10.4. The van der Waals surface area contributed by atoms with Crippen molar-refractivity contribution in [1.82, 2.24) is 4.98 Å². The number of fused-ring (bicyclic) bond motifs is 1. The third-order valence-corrected chi connectivity index (χ3v) is 2.92. The largest absolute Gasteiger partial charge is 0.497 e. The van der Waals surface area contributed by atoms with E-state index in [0.717, 1.165) is 0 Å². The minimum absolute atomic E-state index is 0.117. The molecule has 0 fully saturated rings. The Kier molecular flexibility index (Phi) is 3.06. The Morgan fingerprint density at radius 3 is 2.50 bits per heavy atom. The van der Waals surface area contributed by atoms with Gasteiger partial charge in [-0.15, -0.1) is 0 Å². The Labute approximate surface area is 103 Å². The summed E-state index contributed by atoms with van der Waals surface area (Å²) in [6.45, 7) is 1.72. The van der Waals surface area contributed by atoms with E-state index in [1.807, 2.05) is 0 Å². The van der Waals surface area contributed by atoms with Crippen molar-refractivity contribution in [3.63, 3.8) is 0 Å². The molecule has 18 heavy (non-hydrogen) atoms. The Morgan fingerprint density at radius 1 is 1.22 bits per heavy atom. The molecule has 0 saturated heterocycles. The first-order valence-electron chi connectivity index (χ1n) is 5.36. The number of rotatable bonds is 3. The molecule has 1 aromatic carbocycles. The molecule has 0 saturated carbocycles. The Morgan fingerprint density at radius 2 is 1.94 bits per heavy atom. The second-order valence-corrected chi connectivity index (χ2v) is 3.86. The van der Waals surface area contributed by atoms with Gasteiger partial charge in [0.2, 0.25) is 0 Å². The number of aldehydes is 1. The van der Waals surface area contributed by atoms with Crippen molar-refractivity contribution in [3.05, 3.63) is 33.6 Å². The molecule has 0 atom stereocenters. The van der Waals surface area contributed by atoms with Gasteiger partial charge in [-0.2, -0.15) is 0 Å². The summed E-state index contributed by atoms with van der Waals surface area (Å²) < 4.78 is 10.4. The first-order valence-corrected chi connectivity index (χ1v) is 5.36. The van der Waals surface area contributed by atoms with E-state index in [1.54, 1.807) is 19.1 Å². The number of pyridine rings is 1. The lowest BCUT2D eigenvalue weighted by atomic mass is 10.0. The molecule has 5 nitrogen and oxygen atoms in total. The minimum atomic E-state index is -0.412. The number of hydrogen-bond acceptors (Lipinski definition) is 4. The number of H-pyrrole nitrogens is 1. The van der Waals surface area contributed by atoms with Gasteiger partial charge in [0.15, 0.2) is 6.29 Å². The normalized spacial score (nSPS) is 10.4. The van der Waals surface area contributed by atoms with Crippen LogP contribution in [0.25, 0.3) is 10.9 Å². The number of carbonyl (C=O) groups excluding carboxylic acids is 1. The van der Waals surface area contributed by atoms with Crippen LogP contribution in [-0.2, 0) is 0 Å². The lowest BCUT2D eigenvalue weighted by molar-refractivity contribution is 0.112. The Hall–Kier alpha value is -2.30. The minimum Gasteiger partial charge on any atom is -0.497 e. The maximum Gasteiger partial charge on any atom is 0.259 e. The number of nitrogens with one attached hydrogen (secondary N) is 1. The quantitative estimate of drug-likeness (QED) is 0.837. The van der Waals surface area contributed by atoms with Crippen LogP contribution < -0.4 is 15.0 Å². The van der Waals surface area contributed by atoms with Gasteiger partial charge in [0.05, 0.1) is 25.3 Å². The van der Waals surface area contributed by atoms with Crippen LogP contribution in [0.2, 0.25) is 0 Å². The smallest absolute Gasteiger partial charge is 0.259 e. The van der Waals surface area contributed by atoms with Crippen molar-refractivity contribution in [1.29, 1.82) is 0 Å². The van der Waals surface area contributed by atoms with Gasteiger partial charge in [-0.1, -0.05) is 0 Å². The number of aromatic amines is 1. The molecule has 2 rings (SSSR count). The highest BCUT2D eigenvalue weighted by atomic mass is 16.5. The molecule has 0 aliphatic carbocycles. The van der Waals surface area contributed by atoms with Gasteiger partial charge in [-0.3, -0.25) is 9.59 Å². The van der Waals surface area contributed by atoms with Crippen LogP contribution in [-0.4, -0.2) is 25.5 Å². The fourth-order valence-corrected chi connectivity index (χ4v) is 1.99. The first kappa shape index (κ1) is 12.2. The second-order valence-electron chi connectivity index (χ2n) is 3.86. The Balaban J connectivity index is 2.96. The monoisotopic (exact) mass is 247 g/mol. The molecule has 5 heteroatoms. The molecule has 94 valence electrons. The van der Waals surface area contributed by atoms with Crippen molar-refractivity contribution in [3.8, 4) is 11.5 Å². The number of benzene rings is 1. The zero-order valence-electron chi connectivity index (χ0n) is 10.4. The molecule has 0 aliphatic rings. The summed E-state index contributed by atoms with van der Waals surface area (Å²) in [7, 11) is 3.06. The molecule has 1 N–H and O–H groups in total. The van der Waals surface area contributed by atoms with E-state index in [0.29, 0.717) is 34.3 Å². The summed E-state index contributed by atoms with van der Waals surface area (Å²) in [5.41, 5.74) is 0.888. The van der Waals surface area contributed by atoms with E-state index in [2.05, 4.69) is 4.98 Å². The number of methoxy groups -OCH3 is 2. The number of hydrogen-bond donors (Lipinski definition) is 1. The molecular weight excluding hydrogens is 234 g/mol. The highest BCUT2D eigenvalue weighted by Crippen LogP contribution is 2.32. The number of ether oxygens (including phenoxy) is 2. The predicted molar refractivity (Wildman–Crippen MR) is 67.8 cm³/mol. The molecule has 1 heterocycles. The molecule has 0 bridgehead atoms. The molecule has 1 aromatic heterocycles. The van der Waals surface area contributed by atoms with Crippen molar-refractivity contribution in [2.24, 2.45) is 0 Å². The lowest BCUT2D eigenvalue weighted by Crippen LogP contribution is -2.14. The van der Waals surface area contributed by atoms with Gasteiger partial charge >= 0.3 is 0 Å². The average molecular weight is 247 g/mol. The van der Waals surface area contributed by atoms with Crippen molar-refractivity contribution in [2.75, 3.05) is 14.2 Å². The fourth-order valence-electron chi connectivity index (χ4n) is 1.99. The summed E-state index contributed by atoms with van der Waals surface area (Å²) in [5, 5.41) is 0.708. The van der Waals surface area contributed by atoms with Crippen LogP contribution in [0.1, 0.15) is 15.9 Å². The van der Waals surface area contributed by atoms with Crippen LogP contribution in [0, 0.1) is 6.92 Å². The SMILES string of the molecule is COc1cc(OC)c2c(C)c(C=O)c(=O)[nH]c2c1. The van der Waals surface area contributed by atoms with Gasteiger partial charge in [0.25, 0.3) is 5.56 Å². The molecular formula is C13H13NO4. The van der Waals surface area contributed by atoms with Crippen LogP contribution in [0.5, 0.6) is 11.5 Å². The molecule has 0 spiro atoms. The van der Waals surface area contributed by atoms with E-state index >= 15 is 0 Å². The van der Waals surface area contributed by atoms with E-state index in [-0.39, 0.29) is 5.56 Å². The van der Waals surface area contributed by atoms with Gasteiger partial charge in [0, 0.05) is 17.5 Å². The summed E-state index contributed by atoms with van der Waals surface area (Å²) in [4.78, 5) is 25.3. The van der Waals surface area contributed by atoms with Gasteiger partial charge in [-0.25, -0.2) is 0 Å². The van der Waals surface area contributed by atoms with E-state index in [9.17, 15) is 9.59 Å². The maximum atomic E-state index is 11.7. The predicted octanol–water partition coefficient (Wildman–Crippen LogP) is 1.67. The fraction of sp³-hybridized carbons (Fsp3) is 0.231. The average Bonchev–Trinajstić information content (AvgIpc) is 2.37. The summed E-state index contributed by atoms with van der Waals surface area (Å²) in [6.07, 6.45) is 0.553. The van der Waals surface area contributed by atoms with Crippen LogP contribution >= 0.6 is 0 Å². The molecule has 0 aliphatic heterocycles. The third-order valence-electron chi connectivity index (χ3n) is 2.92. The first-order chi connectivity index (χ1) is 8.62. The van der Waals surface area contributed by atoms with E-state index < -0.39 is 5.56 Å². The maximum absolute atomic E-state index is 11.7. The van der Waals surface area contributed by atoms with E-state index in [1.165, 1.54) is 14.2 Å². The van der Waals surface area contributed by atoms with Crippen molar-refractivity contribution in [2.45, 2.75) is 6.92 Å². The van der Waals surface area contributed by atoms with Crippen LogP contribution in [0.3, 0.4) is 0 Å². The van der Waals surface area contributed by atoms with Crippen molar-refractivity contribution >= 4 is 17.2 Å². The summed E-state index contributed by atoms with van der Waals surface area (Å²) >= 11 is 0. The number of aromatic nitrogens is 1. The van der Waals surface area contributed by atoms with Gasteiger partial charge in [0.1, 0.15) is 11.5 Å². The van der Waals surface area contributed by atoms with E-state index in [4.69, 9.17) is 9.47 Å². The summed E-state index contributed by atoms with van der Waals surface area (Å²) in [5.74, 6) is 1.13. The van der Waals surface area contributed by atoms with Crippen molar-refractivity contribution < 1.29 is 14.3 Å². The topological polar surface area (TPSA) is 68.4 Å². The van der Waals surface area contributed by atoms with Gasteiger partial charge in [-0.05, 0) is 12.5 Å². The second kappa shape index (κ2) is 4.52. The standard InChI is InChI=1S/C13H13NO4/c1-7-9(6-15)13(16)14-10-4-8(17-2)5-11(18-3)12(7)10/h4-6H,1-3H3,(H,14,16). The number of carbonyl (C=O) groups is 1. The molecule has 0 unspecified atom stereocenters. The Bertz CT molecular complexity index is 673. The van der Waals surface area contributed by atoms with Gasteiger partial charge < -0.3 is 14.5 Å². The highest BCUT2D eigenvalue weighted by Gasteiger charge is 2.13. The molecule has 0 amide bonds. The zero-order chi connectivity index (χ0) is 13.3. The lowest BCUT2D eigenvalue weighted by Gasteiger charge is -2.11. The van der Waals surface area contributed by atoms with Crippen LogP contribution in [0.15, 0.2) is 16.9 Å². The number of aryl methyl sites for hydroxylation is 1. The molecule has 0 radical (unpaired) electrons. The van der Waals surface area contributed by atoms with Crippen LogP contribution in [0.4, 0.5) is 0 Å².